The Morgan fingerprint density at radius 2 is 2.20 bits per heavy atom. The zero-order chi connectivity index (χ0) is 14.7. The number of Topliss-reactive ketones (excluding diaryl/α,β-unsaturated/α-hetero) is 1. The van der Waals surface area contributed by atoms with E-state index in [0.717, 1.165) is 19.5 Å². The second-order valence-electron chi connectivity index (χ2n) is 5.52. The van der Waals surface area contributed by atoms with Gasteiger partial charge in [0, 0.05) is 23.2 Å². The molecule has 0 radical (unpaired) electrons. The number of likely N-dealkylation sites (tertiary alicyclic amines) is 1. The number of nitrogens with zero attached hydrogens (tertiary/aromatic N) is 2. The van der Waals surface area contributed by atoms with Crippen molar-refractivity contribution in [1.29, 1.82) is 0 Å². The first-order chi connectivity index (χ1) is 9.47. The van der Waals surface area contributed by atoms with Gasteiger partial charge in [0.1, 0.15) is 0 Å². The number of piperidine rings is 1. The number of hydrogen-bond acceptors (Lipinski definition) is 3. The van der Waals surface area contributed by atoms with E-state index in [0.29, 0.717) is 28.2 Å². The van der Waals surface area contributed by atoms with Crippen LogP contribution >= 0.6 is 23.2 Å². The second-order valence-corrected chi connectivity index (χ2v) is 6.36. The van der Waals surface area contributed by atoms with Crippen molar-refractivity contribution in [3.8, 4) is 0 Å². The fourth-order valence-corrected chi connectivity index (χ4v) is 3.17. The number of likely N-dealkylation sites (N-methyl/N-ethyl adjacent to an activating group) is 2. The van der Waals surface area contributed by atoms with Crippen LogP contribution in [0.3, 0.4) is 0 Å². The standard InChI is InChI=1S/C15H20Cl2N2O/c1-18-7-3-4-12(9-18)19(2)10-15(20)13-6-5-11(16)8-14(13)17/h5-6,8,12H,3-4,7,9-10H2,1-2H3. The maximum atomic E-state index is 12.3. The highest BCUT2D eigenvalue weighted by Gasteiger charge is 2.23. The molecule has 5 heteroatoms. The van der Waals surface area contributed by atoms with Crippen LogP contribution in [0.1, 0.15) is 23.2 Å². The van der Waals surface area contributed by atoms with Crippen LogP contribution in [-0.2, 0) is 0 Å². The first-order valence-electron chi connectivity index (χ1n) is 6.84. The van der Waals surface area contributed by atoms with E-state index < -0.39 is 0 Å². The number of halogens is 2. The lowest BCUT2D eigenvalue weighted by Crippen LogP contribution is -2.46. The Kier molecular flexibility index (Phi) is 5.44. The van der Waals surface area contributed by atoms with Crippen LogP contribution in [-0.4, -0.2) is 55.4 Å². The summed E-state index contributed by atoms with van der Waals surface area (Å²) in [4.78, 5) is 16.8. The number of ketones is 1. The highest BCUT2D eigenvalue weighted by atomic mass is 35.5. The number of carbonyl (C=O) groups is 1. The molecule has 1 saturated heterocycles. The SMILES string of the molecule is CN1CCCC(N(C)CC(=O)c2ccc(Cl)cc2Cl)C1. The molecule has 110 valence electrons. The molecule has 1 atom stereocenters. The monoisotopic (exact) mass is 314 g/mol. The van der Waals surface area contributed by atoms with Gasteiger partial charge >= 0.3 is 0 Å². The lowest BCUT2D eigenvalue weighted by molar-refractivity contribution is 0.0857. The van der Waals surface area contributed by atoms with Crippen LogP contribution in [0.4, 0.5) is 0 Å². The maximum Gasteiger partial charge on any atom is 0.178 e. The average Bonchev–Trinajstić information content (AvgIpc) is 2.38. The fourth-order valence-electron chi connectivity index (χ4n) is 2.66. The third-order valence-electron chi connectivity index (χ3n) is 3.85. The Morgan fingerprint density at radius 3 is 2.85 bits per heavy atom. The maximum absolute atomic E-state index is 12.3. The molecular formula is C15H20Cl2N2O. The third-order valence-corrected chi connectivity index (χ3v) is 4.40. The molecule has 0 spiro atoms. The molecule has 1 fully saturated rings. The van der Waals surface area contributed by atoms with Crippen LogP contribution in [0.2, 0.25) is 10.0 Å². The Bertz CT molecular complexity index is 493. The van der Waals surface area contributed by atoms with Crippen LogP contribution < -0.4 is 0 Å². The van der Waals surface area contributed by atoms with Crippen molar-refractivity contribution in [3.05, 3.63) is 33.8 Å². The van der Waals surface area contributed by atoms with Gasteiger partial charge in [-0.25, -0.2) is 0 Å². The van der Waals surface area contributed by atoms with E-state index in [1.54, 1.807) is 18.2 Å². The Morgan fingerprint density at radius 1 is 1.45 bits per heavy atom. The second kappa shape index (κ2) is 6.90. The van der Waals surface area contributed by atoms with Gasteiger partial charge < -0.3 is 4.90 Å². The molecule has 3 nitrogen and oxygen atoms in total. The van der Waals surface area contributed by atoms with Crippen molar-refractivity contribution in [2.24, 2.45) is 0 Å². The molecule has 0 aliphatic carbocycles. The normalized spacial score (nSPS) is 20.4. The summed E-state index contributed by atoms with van der Waals surface area (Å²) in [6.07, 6.45) is 2.32. The van der Waals surface area contributed by atoms with Crippen LogP contribution in [0.25, 0.3) is 0 Å². The molecule has 1 aliphatic heterocycles. The largest absolute Gasteiger partial charge is 0.305 e. The Labute approximate surface area is 130 Å². The van der Waals surface area contributed by atoms with E-state index >= 15 is 0 Å². The molecule has 0 amide bonds. The van der Waals surface area contributed by atoms with Crippen LogP contribution in [0, 0.1) is 0 Å². The minimum atomic E-state index is 0.0439. The predicted octanol–water partition coefficient (Wildman–Crippen LogP) is 3.20. The zero-order valence-electron chi connectivity index (χ0n) is 11.9. The van der Waals surface area contributed by atoms with Gasteiger partial charge in [0.15, 0.2) is 5.78 Å². The summed E-state index contributed by atoms with van der Waals surface area (Å²) in [5, 5.41) is 0.977. The van der Waals surface area contributed by atoms with Gasteiger partial charge in [0.25, 0.3) is 0 Å². The molecule has 1 unspecified atom stereocenters. The third kappa shape index (κ3) is 3.95. The highest BCUT2D eigenvalue weighted by molar-refractivity contribution is 6.36. The molecule has 1 aromatic rings. The van der Waals surface area contributed by atoms with Crippen LogP contribution in [0.15, 0.2) is 18.2 Å². The molecule has 0 N–H and O–H groups in total. The van der Waals surface area contributed by atoms with E-state index in [9.17, 15) is 4.79 Å². The lowest BCUT2D eigenvalue weighted by atomic mass is 10.0. The van der Waals surface area contributed by atoms with Crippen molar-refractivity contribution in [1.82, 2.24) is 9.80 Å². The minimum absolute atomic E-state index is 0.0439. The molecular weight excluding hydrogens is 295 g/mol. The summed E-state index contributed by atoms with van der Waals surface area (Å²) in [7, 11) is 4.13. The average molecular weight is 315 g/mol. The topological polar surface area (TPSA) is 23.6 Å². The molecule has 1 aliphatic rings. The fraction of sp³-hybridized carbons (Fsp3) is 0.533. The van der Waals surface area contributed by atoms with E-state index in [-0.39, 0.29) is 5.78 Å². The van der Waals surface area contributed by atoms with Crippen molar-refractivity contribution in [3.63, 3.8) is 0 Å². The predicted molar refractivity (Wildman–Crippen MR) is 83.9 cm³/mol. The first-order valence-corrected chi connectivity index (χ1v) is 7.60. The van der Waals surface area contributed by atoms with Gasteiger partial charge in [-0.15, -0.1) is 0 Å². The number of carbonyl (C=O) groups excluding carboxylic acids is 1. The van der Waals surface area contributed by atoms with Crippen molar-refractivity contribution >= 4 is 29.0 Å². The molecule has 1 heterocycles. The minimum Gasteiger partial charge on any atom is -0.305 e. The van der Waals surface area contributed by atoms with Gasteiger partial charge in [-0.05, 0) is 51.7 Å². The van der Waals surface area contributed by atoms with Gasteiger partial charge in [-0.1, -0.05) is 23.2 Å². The van der Waals surface area contributed by atoms with E-state index in [4.69, 9.17) is 23.2 Å². The summed E-state index contributed by atoms with van der Waals surface area (Å²) in [6, 6.07) is 5.46. The summed E-state index contributed by atoms with van der Waals surface area (Å²) in [5.41, 5.74) is 0.548. The summed E-state index contributed by atoms with van der Waals surface area (Å²) < 4.78 is 0. The van der Waals surface area contributed by atoms with Crippen molar-refractivity contribution in [2.75, 3.05) is 33.7 Å². The van der Waals surface area contributed by atoms with Crippen molar-refractivity contribution in [2.45, 2.75) is 18.9 Å². The molecule has 20 heavy (non-hydrogen) atoms. The number of rotatable bonds is 4. The van der Waals surface area contributed by atoms with E-state index in [2.05, 4.69) is 16.8 Å². The molecule has 0 saturated carbocycles. The van der Waals surface area contributed by atoms with E-state index in [1.165, 1.54) is 6.42 Å². The van der Waals surface area contributed by atoms with Crippen LogP contribution in [0.5, 0.6) is 0 Å². The number of hydrogen-bond donors (Lipinski definition) is 0. The summed E-state index contributed by atoms with van der Waals surface area (Å²) >= 11 is 11.9. The number of benzene rings is 1. The first kappa shape index (κ1) is 15.8. The highest BCUT2D eigenvalue weighted by Crippen LogP contribution is 2.22. The van der Waals surface area contributed by atoms with Gasteiger partial charge in [0.2, 0.25) is 0 Å². The molecule has 2 rings (SSSR count). The quantitative estimate of drug-likeness (QED) is 0.797. The van der Waals surface area contributed by atoms with Gasteiger partial charge in [-0.2, -0.15) is 0 Å². The van der Waals surface area contributed by atoms with E-state index in [1.807, 2.05) is 7.05 Å². The molecule has 1 aromatic carbocycles. The molecule has 0 bridgehead atoms. The summed E-state index contributed by atoms with van der Waals surface area (Å²) in [6.45, 7) is 2.54. The van der Waals surface area contributed by atoms with Gasteiger partial charge in [-0.3, -0.25) is 9.69 Å². The smallest absolute Gasteiger partial charge is 0.178 e. The molecule has 0 aromatic heterocycles. The summed E-state index contributed by atoms with van der Waals surface area (Å²) in [5.74, 6) is 0.0439. The Balaban J connectivity index is 1.99. The van der Waals surface area contributed by atoms with Gasteiger partial charge in [0.05, 0.1) is 11.6 Å². The lowest BCUT2D eigenvalue weighted by Gasteiger charge is -2.35. The Hall–Kier alpha value is -0.610. The van der Waals surface area contributed by atoms with Crippen molar-refractivity contribution < 1.29 is 4.79 Å². The zero-order valence-corrected chi connectivity index (χ0v) is 13.4.